The Balaban J connectivity index is 2.23. The first-order valence-corrected chi connectivity index (χ1v) is 5.29. The van der Waals surface area contributed by atoms with Gasteiger partial charge in [-0.05, 0) is 18.9 Å². The molecule has 1 aromatic rings. The molecule has 0 unspecified atom stereocenters. The molecule has 16 heavy (non-hydrogen) atoms. The van der Waals surface area contributed by atoms with Crippen LogP contribution in [-0.4, -0.2) is 40.4 Å². The topological polar surface area (TPSA) is 73.7 Å². The first kappa shape index (κ1) is 10.9. The summed E-state index contributed by atoms with van der Waals surface area (Å²) in [6, 6.07) is 1.71. The molecule has 0 amide bonds. The van der Waals surface area contributed by atoms with Crippen molar-refractivity contribution in [2.45, 2.75) is 18.9 Å². The number of anilines is 1. The Morgan fingerprint density at radius 3 is 2.75 bits per heavy atom. The minimum Gasteiger partial charge on any atom is -0.478 e. The van der Waals surface area contributed by atoms with Crippen molar-refractivity contribution in [2.24, 2.45) is 0 Å². The minimum absolute atomic E-state index is 0.221. The van der Waals surface area contributed by atoms with E-state index in [0.29, 0.717) is 31.6 Å². The number of carboxylic acid groups (broad SMARTS) is 1. The number of carbonyl (C=O) groups is 1. The van der Waals surface area contributed by atoms with Gasteiger partial charge in [-0.15, -0.1) is 0 Å². The molecule has 5 heteroatoms. The summed E-state index contributed by atoms with van der Waals surface area (Å²) in [6.07, 6.45) is 4.06. The number of hydrogen-bond donors (Lipinski definition) is 2. The molecule has 5 nitrogen and oxygen atoms in total. The zero-order valence-corrected chi connectivity index (χ0v) is 8.83. The van der Waals surface area contributed by atoms with Crippen molar-refractivity contribution >= 4 is 11.7 Å². The van der Waals surface area contributed by atoms with Crippen molar-refractivity contribution in [3.8, 4) is 0 Å². The number of aromatic nitrogens is 1. The monoisotopic (exact) mass is 222 g/mol. The Kier molecular flexibility index (Phi) is 3.05. The first-order chi connectivity index (χ1) is 7.68. The number of nitrogens with zero attached hydrogens (tertiary/aromatic N) is 2. The van der Waals surface area contributed by atoms with Gasteiger partial charge in [0.2, 0.25) is 0 Å². The van der Waals surface area contributed by atoms with Gasteiger partial charge in [0, 0.05) is 25.5 Å². The van der Waals surface area contributed by atoms with Crippen LogP contribution >= 0.6 is 0 Å². The average Bonchev–Trinajstić information content (AvgIpc) is 2.30. The Morgan fingerprint density at radius 2 is 2.12 bits per heavy atom. The molecule has 86 valence electrons. The molecule has 1 fully saturated rings. The molecular formula is C11H14N2O3. The Hall–Kier alpha value is -1.62. The lowest BCUT2D eigenvalue weighted by Gasteiger charge is -2.32. The Bertz CT molecular complexity index is 387. The summed E-state index contributed by atoms with van der Waals surface area (Å²) in [5.41, 5.74) is 0.910. The summed E-state index contributed by atoms with van der Waals surface area (Å²) in [5.74, 6) is -0.964. The third-order valence-electron chi connectivity index (χ3n) is 2.83. The third-order valence-corrected chi connectivity index (χ3v) is 2.83. The molecular weight excluding hydrogens is 208 g/mol. The quantitative estimate of drug-likeness (QED) is 0.772. The van der Waals surface area contributed by atoms with Gasteiger partial charge in [0.15, 0.2) is 0 Å². The van der Waals surface area contributed by atoms with Gasteiger partial charge in [0.25, 0.3) is 0 Å². The van der Waals surface area contributed by atoms with E-state index in [4.69, 9.17) is 5.11 Å². The van der Waals surface area contributed by atoms with E-state index < -0.39 is 5.97 Å². The van der Waals surface area contributed by atoms with Gasteiger partial charge >= 0.3 is 5.97 Å². The number of aliphatic hydroxyl groups is 1. The van der Waals surface area contributed by atoms with Crippen LogP contribution in [-0.2, 0) is 0 Å². The zero-order chi connectivity index (χ0) is 11.5. The largest absolute Gasteiger partial charge is 0.478 e. The van der Waals surface area contributed by atoms with Crippen molar-refractivity contribution < 1.29 is 15.0 Å². The minimum atomic E-state index is -0.964. The fraction of sp³-hybridized carbons (Fsp3) is 0.455. The zero-order valence-electron chi connectivity index (χ0n) is 8.83. The molecule has 0 bridgehead atoms. The highest BCUT2D eigenvalue weighted by Gasteiger charge is 2.21. The number of aromatic carboxylic acids is 1. The first-order valence-electron chi connectivity index (χ1n) is 5.29. The van der Waals surface area contributed by atoms with E-state index in [-0.39, 0.29) is 11.7 Å². The molecule has 2 heterocycles. The van der Waals surface area contributed by atoms with Crippen LogP contribution in [0.5, 0.6) is 0 Å². The number of rotatable bonds is 2. The second-order valence-corrected chi connectivity index (χ2v) is 3.92. The van der Waals surface area contributed by atoms with Crippen LogP contribution in [0.25, 0.3) is 0 Å². The molecule has 0 aromatic carbocycles. The number of carboxylic acids is 1. The van der Waals surface area contributed by atoms with E-state index in [9.17, 15) is 9.90 Å². The van der Waals surface area contributed by atoms with Gasteiger partial charge in [0.05, 0.1) is 11.8 Å². The van der Waals surface area contributed by atoms with Crippen LogP contribution < -0.4 is 4.90 Å². The summed E-state index contributed by atoms with van der Waals surface area (Å²) in [5, 5.41) is 18.4. The molecule has 1 aliphatic rings. The van der Waals surface area contributed by atoms with Crippen molar-refractivity contribution in [1.82, 2.24) is 4.98 Å². The second-order valence-electron chi connectivity index (χ2n) is 3.92. The molecule has 2 rings (SSSR count). The normalized spacial score (nSPS) is 17.4. The maximum absolute atomic E-state index is 11.0. The summed E-state index contributed by atoms with van der Waals surface area (Å²) in [4.78, 5) is 16.8. The van der Waals surface area contributed by atoms with Crippen LogP contribution in [0.1, 0.15) is 23.2 Å². The van der Waals surface area contributed by atoms with Crippen molar-refractivity contribution in [3.63, 3.8) is 0 Å². The molecule has 1 saturated heterocycles. The van der Waals surface area contributed by atoms with Crippen LogP contribution in [0, 0.1) is 0 Å². The summed E-state index contributed by atoms with van der Waals surface area (Å²) < 4.78 is 0. The lowest BCUT2D eigenvalue weighted by Crippen LogP contribution is -2.36. The predicted octanol–water partition coefficient (Wildman–Crippen LogP) is 0.741. The standard InChI is InChI=1S/C11H14N2O3/c14-8-2-5-13(6-3-8)10-1-4-12-7-9(10)11(15)16/h1,4,7-8,14H,2-3,5-6H2,(H,15,16). The molecule has 1 aromatic heterocycles. The van der Waals surface area contributed by atoms with E-state index in [1.807, 2.05) is 4.90 Å². The predicted molar refractivity (Wildman–Crippen MR) is 58.7 cm³/mol. The van der Waals surface area contributed by atoms with E-state index in [1.54, 1.807) is 12.3 Å². The van der Waals surface area contributed by atoms with Crippen molar-refractivity contribution in [2.75, 3.05) is 18.0 Å². The van der Waals surface area contributed by atoms with Crippen molar-refractivity contribution in [3.05, 3.63) is 24.0 Å². The smallest absolute Gasteiger partial charge is 0.339 e. The van der Waals surface area contributed by atoms with Gasteiger partial charge in [0.1, 0.15) is 5.56 Å². The number of hydrogen-bond acceptors (Lipinski definition) is 4. The number of aliphatic hydroxyl groups excluding tert-OH is 1. The maximum Gasteiger partial charge on any atom is 0.339 e. The van der Waals surface area contributed by atoms with Gasteiger partial charge in [-0.1, -0.05) is 0 Å². The highest BCUT2D eigenvalue weighted by atomic mass is 16.4. The number of piperidine rings is 1. The van der Waals surface area contributed by atoms with E-state index >= 15 is 0 Å². The SMILES string of the molecule is O=C(O)c1cnccc1N1CCC(O)CC1. The third kappa shape index (κ3) is 2.14. The lowest BCUT2D eigenvalue weighted by molar-refractivity contribution is 0.0697. The van der Waals surface area contributed by atoms with E-state index in [0.717, 1.165) is 0 Å². The number of pyridine rings is 1. The second kappa shape index (κ2) is 4.49. The highest BCUT2D eigenvalue weighted by Crippen LogP contribution is 2.23. The van der Waals surface area contributed by atoms with Crippen LogP contribution in [0.15, 0.2) is 18.5 Å². The summed E-state index contributed by atoms with van der Waals surface area (Å²) in [7, 11) is 0. The van der Waals surface area contributed by atoms with E-state index in [1.165, 1.54) is 6.20 Å². The fourth-order valence-corrected chi connectivity index (χ4v) is 1.93. The molecule has 2 N–H and O–H groups in total. The molecule has 0 saturated carbocycles. The van der Waals surface area contributed by atoms with Crippen LogP contribution in [0.3, 0.4) is 0 Å². The molecule has 0 atom stereocenters. The van der Waals surface area contributed by atoms with Gasteiger partial charge in [-0.25, -0.2) is 4.79 Å². The molecule has 0 aliphatic carbocycles. The molecule has 0 radical (unpaired) electrons. The highest BCUT2D eigenvalue weighted by molar-refractivity contribution is 5.94. The van der Waals surface area contributed by atoms with Crippen molar-refractivity contribution in [1.29, 1.82) is 0 Å². The summed E-state index contributed by atoms with van der Waals surface area (Å²) >= 11 is 0. The molecule has 1 aliphatic heterocycles. The average molecular weight is 222 g/mol. The van der Waals surface area contributed by atoms with Gasteiger partial charge in [-0.3, -0.25) is 4.98 Å². The van der Waals surface area contributed by atoms with Crippen LogP contribution in [0.2, 0.25) is 0 Å². The van der Waals surface area contributed by atoms with Crippen LogP contribution in [0.4, 0.5) is 5.69 Å². The van der Waals surface area contributed by atoms with E-state index in [2.05, 4.69) is 4.98 Å². The Morgan fingerprint density at radius 1 is 1.44 bits per heavy atom. The fourth-order valence-electron chi connectivity index (χ4n) is 1.93. The Labute approximate surface area is 93.3 Å². The maximum atomic E-state index is 11.0. The summed E-state index contributed by atoms with van der Waals surface area (Å²) in [6.45, 7) is 1.37. The molecule has 0 spiro atoms. The lowest BCUT2D eigenvalue weighted by atomic mass is 10.1. The van der Waals surface area contributed by atoms with Gasteiger partial charge < -0.3 is 15.1 Å². The van der Waals surface area contributed by atoms with Gasteiger partial charge in [-0.2, -0.15) is 0 Å².